The fraction of sp³-hybridized carbons (Fsp3) is 0.250. The van der Waals surface area contributed by atoms with Crippen molar-refractivity contribution in [1.82, 2.24) is 4.57 Å². The monoisotopic (exact) mass is 387 g/mol. The summed E-state index contributed by atoms with van der Waals surface area (Å²) in [5.41, 5.74) is 0.576. The second kappa shape index (κ2) is 8.34. The summed E-state index contributed by atoms with van der Waals surface area (Å²) in [6.07, 6.45) is -4.17. The van der Waals surface area contributed by atoms with Crippen molar-refractivity contribution in [2.24, 2.45) is 7.05 Å². The van der Waals surface area contributed by atoms with Crippen LogP contribution in [0, 0.1) is 0 Å². The molecule has 0 aliphatic rings. The number of urea groups is 1. The van der Waals surface area contributed by atoms with Crippen LogP contribution in [-0.2, 0) is 11.8 Å². The number of alkyl halides is 3. The second-order valence-electron chi connectivity index (χ2n) is 5.11. The van der Waals surface area contributed by atoms with Gasteiger partial charge in [-0.15, -0.1) is 13.2 Å². The molecule has 2 amide bonds. The number of benzene rings is 1. The summed E-state index contributed by atoms with van der Waals surface area (Å²) < 4.78 is 51.1. The van der Waals surface area contributed by atoms with E-state index in [0.29, 0.717) is 5.69 Å². The van der Waals surface area contributed by atoms with E-state index in [1.807, 2.05) is 0 Å². The molecule has 0 spiro atoms. The van der Waals surface area contributed by atoms with Crippen molar-refractivity contribution < 1.29 is 37.0 Å². The zero-order chi connectivity index (χ0) is 20.0. The van der Waals surface area contributed by atoms with E-state index in [0.717, 1.165) is 12.1 Å². The van der Waals surface area contributed by atoms with Gasteiger partial charge in [0, 0.05) is 25.0 Å². The normalized spacial score (nSPS) is 10.9. The summed E-state index contributed by atoms with van der Waals surface area (Å²) in [4.78, 5) is 23.3. The average Bonchev–Trinajstić information content (AvgIpc) is 2.87. The number of anilines is 2. The van der Waals surface area contributed by atoms with Crippen LogP contribution in [0.4, 0.5) is 34.1 Å². The van der Waals surface area contributed by atoms with Gasteiger partial charge in [-0.1, -0.05) is 0 Å². The molecule has 2 N–H and O–H groups in total. The van der Waals surface area contributed by atoms with Gasteiger partial charge in [0.2, 0.25) is 5.88 Å². The third-order valence-electron chi connectivity index (χ3n) is 3.01. The number of aryl methyl sites for hydroxylation is 1. The van der Waals surface area contributed by atoms with Gasteiger partial charge in [0.15, 0.2) is 0 Å². The number of amides is 2. The molecular formula is C16H16F3N3O5. The van der Waals surface area contributed by atoms with E-state index in [9.17, 15) is 22.8 Å². The van der Waals surface area contributed by atoms with Crippen LogP contribution < -0.4 is 20.1 Å². The van der Waals surface area contributed by atoms with E-state index in [1.165, 1.54) is 29.0 Å². The molecule has 0 aliphatic heterocycles. The van der Waals surface area contributed by atoms with Crippen molar-refractivity contribution in [2.45, 2.75) is 13.3 Å². The third-order valence-corrected chi connectivity index (χ3v) is 3.01. The maximum absolute atomic E-state index is 12.1. The summed E-state index contributed by atoms with van der Waals surface area (Å²) in [6.45, 7) is 1.79. The molecule has 1 heterocycles. The first kappa shape index (κ1) is 19.9. The lowest BCUT2D eigenvalue weighted by Crippen LogP contribution is -2.19. The van der Waals surface area contributed by atoms with Crippen LogP contribution in [0.5, 0.6) is 11.6 Å². The number of nitrogens with zero attached hydrogens (tertiary/aromatic N) is 1. The number of halogens is 3. The Balaban J connectivity index is 1.93. The third kappa shape index (κ3) is 6.45. The molecule has 0 bridgehead atoms. The minimum absolute atomic E-state index is 0.150. The molecule has 2 rings (SSSR count). The van der Waals surface area contributed by atoms with Crippen LogP contribution >= 0.6 is 0 Å². The second-order valence-corrected chi connectivity index (χ2v) is 5.11. The van der Waals surface area contributed by atoms with Gasteiger partial charge in [-0.3, -0.25) is 0 Å². The minimum Gasteiger partial charge on any atom is -0.434 e. The molecule has 0 radical (unpaired) electrons. The summed E-state index contributed by atoms with van der Waals surface area (Å²) in [6, 6.07) is 5.39. The smallest absolute Gasteiger partial charge is 0.434 e. The van der Waals surface area contributed by atoms with Gasteiger partial charge in [0.05, 0.1) is 12.3 Å². The van der Waals surface area contributed by atoms with Crippen LogP contribution in [0.25, 0.3) is 0 Å². The van der Waals surface area contributed by atoms with Crippen molar-refractivity contribution in [2.75, 3.05) is 17.2 Å². The van der Waals surface area contributed by atoms with E-state index >= 15 is 0 Å². The van der Waals surface area contributed by atoms with Crippen LogP contribution in [0.2, 0.25) is 0 Å². The molecule has 0 fully saturated rings. The Hall–Kier alpha value is -3.37. The highest BCUT2D eigenvalue weighted by Crippen LogP contribution is 2.24. The average molecular weight is 387 g/mol. The lowest BCUT2D eigenvalue weighted by Gasteiger charge is -2.10. The number of ether oxygens (including phenoxy) is 3. The molecule has 0 unspecified atom stereocenters. The molecule has 0 atom stereocenters. The summed E-state index contributed by atoms with van der Waals surface area (Å²) in [7, 11) is 1.59. The molecule has 2 aromatic rings. The first-order valence-electron chi connectivity index (χ1n) is 7.61. The first-order chi connectivity index (χ1) is 12.7. The zero-order valence-corrected chi connectivity index (χ0v) is 14.3. The Labute approximate surface area is 151 Å². The largest absolute Gasteiger partial charge is 0.573 e. The van der Waals surface area contributed by atoms with Gasteiger partial charge < -0.3 is 29.4 Å². The van der Waals surface area contributed by atoms with Crippen LogP contribution in [0.1, 0.15) is 6.92 Å². The van der Waals surface area contributed by atoms with Crippen LogP contribution in [0.3, 0.4) is 0 Å². The summed E-state index contributed by atoms with van der Waals surface area (Å²) in [5.74, 6) is -0.255. The number of rotatable bonds is 5. The fourth-order valence-corrected chi connectivity index (χ4v) is 1.98. The molecule has 1 aromatic carbocycles. The van der Waals surface area contributed by atoms with Gasteiger partial charge in [0.1, 0.15) is 5.75 Å². The lowest BCUT2D eigenvalue weighted by atomic mass is 10.3. The fourth-order valence-electron chi connectivity index (χ4n) is 1.98. The number of hydrogen-bond donors (Lipinski definition) is 2. The van der Waals surface area contributed by atoms with Gasteiger partial charge in [-0.05, 0) is 31.2 Å². The molecule has 0 aliphatic carbocycles. The molecule has 8 nitrogen and oxygen atoms in total. The Morgan fingerprint density at radius 3 is 2.33 bits per heavy atom. The Kier molecular flexibility index (Phi) is 6.16. The summed E-state index contributed by atoms with van der Waals surface area (Å²) >= 11 is 0. The lowest BCUT2D eigenvalue weighted by molar-refractivity contribution is -0.274. The molecule has 146 valence electrons. The molecule has 0 saturated carbocycles. The standard InChI is InChI=1S/C16H16F3N3O5/c1-3-25-15(24)26-13-8-11(9-22(13)2)21-14(23)20-10-4-6-12(7-5-10)27-16(17,18)19/h4-9H,3H2,1-2H3,(H2,20,21,23). The highest BCUT2D eigenvalue weighted by Gasteiger charge is 2.30. The number of carbonyl (C=O) groups excluding carboxylic acids is 2. The maximum atomic E-state index is 12.1. The highest BCUT2D eigenvalue weighted by molar-refractivity contribution is 5.99. The van der Waals surface area contributed by atoms with Crippen molar-refractivity contribution in [3.05, 3.63) is 36.5 Å². The Morgan fingerprint density at radius 1 is 1.11 bits per heavy atom. The first-order valence-corrected chi connectivity index (χ1v) is 7.61. The quantitative estimate of drug-likeness (QED) is 0.754. The maximum Gasteiger partial charge on any atom is 0.573 e. The highest BCUT2D eigenvalue weighted by atomic mass is 19.4. The molecule has 1 aromatic heterocycles. The van der Waals surface area contributed by atoms with Crippen LogP contribution in [0.15, 0.2) is 36.5 Å². The Morgan fingerprint density at radius 2 is 1.74 bits per heavy atom. The van der Waals surface area contributed by atoms with Crippen molar-refractivity contribution in [3.63, 3.8) is 0 Å². The van der Waals surface area contributed by atoms with Crippen molar-refractivity contribution in [1.29, 1.82) is 0 Å². The number of aromatic nitrogens is 1. The van der Waals surface area contributed by atoms with E-state index in [2.05, 4.69) is 20.1 Å². The molecular weight excluding hydrogens is 371 g/mol. The molecule has 0 saturated heterocycles. The van der Waals surface area contributed by atoms with E-state index in [1.54, 1.807) is 14.0 Å². The van der Waals surface area contributed by atoms with E-state index in [4.69, 9.17) is 4.74 Å². The van der Waals surface area contributed by atoms with Crippen LogP contribution in [-0.4, -0.2) is 29.7 Å². The van der Waals surface area contributed by atoms with E-state index in [-0.39, 0.29) is 18.2 Å². The SMILES string of the molecule is CCOC(=O)Oc1cc(NC(=O)Nc2ccc(OC(F)(F)F)cc2)cn1C. The Bertz CT molecular complexity index is 803. The predicted octanol–water partition coefficient (Wildman–Crippen LogP) is 4.10. The zero-order valence-electron chi connectivity index (χ0n) is 14.3. The van der Waals surface area contributed by atoms with Gasteiger partial charge >= 0.3 is 18.5 Å². The minimum atomic E-state index is -4.79. The van der Waals surface area contributed by atoms with Gasteiger partial charge in [-0.2, -0.15) is 0 Å². The van der Waals surface area contributed by atoms with Gasteiger partial charge in [0.25, 0.3) is 0 Å². The van der Waals surface area contributed by atoms with E-state index < -0.39 is 24.3 Å². The number of hydrogen-bond acceptors (Lipinski definition) is 5. The molecule has 11 heteroatoms. The van der Waals surface area contributed by atoms with Gasteiger partial charge in [-0.25, -0.2) is 9.59 Å². The topological polar surface area (TPSA) is 90.8 Å². The van der Waals surface area contributed by atoms with Crippen molar-refractivity contribution >= 4 is 23.6 Å². The van der Waals surface area contributed by atoms with Crippen molar-refractivity contribution in [3.8, 4) is 11.6 Å². The summed E-state index contributed by atoms with van der Waals surface area (Å²) in [5, 5.41) is 4.94. The predicted molar refractivity (Wildman–Crippen MR) is 88.8 cm³/mol. The number of nitrogens with one attached hydrogen (secondary N) is 2. The number of carbonyl (C=O) groups is 2. The molecule has 27 heavy (non-hydrogen) atoms.